The average molecular weight is 280 g/mol. The summed E-state index contributed by atoms with van der Waals surface area (Å²) in [5, 5.41) is 0. The quantitative estimate of drug-likeness (QED) is 0.822. The van der Waals surface area contributed by atoms with E-state index >= 15 is 0 Å². The van der Waals surface area contributed by atoms with E-state index in [1.165, 1.54) is 38.4 Å². The first-order chi connectivity index (χ1) is 9.56. The Hall–Kier alpha value is -1.00. The minimum atomic E-state index is -0.501. The Balaban J connectivity index is 1.63. The third-order valence-corrected chi connectivity index (χ3v) is 4.97. The van der Waals surface area contributed by atoms with Gasteiger partial charge in [0.25, 0.3) is 0 Å². The van der Waals surface area contributed by atoms with Crippen LogP contribution in [-0.2, 0) is 6.54 Å². The van der Waals surface area contributed by atoms with Gasteiger partial charge in [-0.25, -0.2) is 8.78 Å². The van der Waals surface area contributed by atoms with Crippen LogP contribution < -0.4 is 0 Å². The van der Waals surface area contributed by atoms with Crippen molar-refractivity contribution in [3.8, 4) is 0 Å². The lowest BCUT2D eigenvalue weighted by Crippen LogP contribution is -2.39. The molecule has 2 heterocycles. The van der Waals surface area contributed by atoms with Crippen LogP contribution in [0.3, 0.4) is 0 Å². The van der Waals surface area contributed by atoms with Gasteiger partial charge in [0.15, 0.2) is 0 Å². The lowest BCUT2D eigenvalue weighted by molar-refractivity contribution is 0.124. The SMILES string of the molecule is CN1CCC2(CC1)CCN(Cc1ccc(F)cc1F)C2. The molecule has 110 valence electrons. The minimum absolute atomic E-state index is 0.422. The minimum Gasteiger partial charge on any atom is -0.306 e. The third-order valence-electron chi connectivity index (χ3n) is 4.97. The van der Waals surface area contributed by atoms with Crippen LogP contribution in [0.25, 0.3) is 0 Å². The van der Waals surface area contributed by atoms with E-state index in [1.54, 1.807) is 6.07 Å². The Morgan fingerprint density at radius 1 is 1.10 bits per heavy atom. The highest BCUT2D eigenvalue weighted by atomic mass is 19.1. The molecule has 0 bridgehead atoms. The number of hydrogen-bond donors (Lipinski definition) is 0. The first-order valence-corrected chi connectivity index (χ1v) is 7.41. The predicted octanol–water partition coefficient (Wildman–Crippen LogP) is 2.88. The topological polar surface area (TPSA) is 6.48 Å². The van der Waals surface area contributed by atoms with Crippen LogP contribution in [0, 0.1) is 17.0 Å². The summed E-state index contributed by atoms with van der Waals surface area (Å²) in [5.74, 6) is -0.922. The second-order valence-electron chi connectivity index (χ2n) is 6.50. The molecule has 2 saturated heterocycles. The van der Waals surface area contributed by atoms with Gasteiger partial charge in [-0.1, -0.05) is 6.07 Å². The molecule has 1 aromatic carbocycles. The number of likely N-dealkylation sites (tertiary alicyclic amines) is 2. The highest BCUT2D eigenvalue weighted by Gasteiger charge is 2.39. The molecule has 4 heteroatoms. The second kappa shape index (κ2) is 5.41. The fourth-order valence-corrected chi connectivity index (χ4v) is 3.55. The summed E-state index contributed by atoms with van der Waals surface area (Å²) in [6.07, 6.45) is 3.70. The van der Waals surface area contributed by atoms with Crippen molar-refractivity contribution in [2.45, 2.75) is 25.8 Å². The Labute approximate surface area is 119 Å². The Morgan fingerprint density at radius 3 is 2.50 bits per heavy atom. The summed E-state index contributed by atoms with van der Waals surface area (Å²) < 4.78 is 26.6. The molecule has 1 aromatic rings. The monoisotopic (exact) mass is 280 g/mol. The molecule has 0 atom stereocenters. The molecule has 1 spiro atoms. The molecule has 2 aliphatic heterocycles. The second-order valence-corrected chi connectivity index (χ2v) is 6.50. The van der Waals surface area contributed by atoms with Gasteiger partial charge in [0, 0.05) is 24.7 Å². The van der Waals surface area contributed by atoms with Gasteiger partial charge < -0.3 is 4.90 Å². The van der Waals surface area contributed by atoms with Gasteiger partial charge in [-0.2, -0.15) is 0 Å². The van der Waals surface area contributed by atoms with Crippen LogP contribution in [0.5, 0.6) is 0 Å². The van der Waals surface area contributed by atoms with Gasteiger partial charge in [0.1, 0.15) is 11.6 Å². The van der Waals surface area contributed by atoms with Crippen molar-refractivity contribution in [1.29, 1.82) is 0 Å². The van der Waals surface area contributed by atoms with Crippen LogP contribution in [0.2, 0.25) is 0 Å². The van der Waals surface area contributed by atoms with E-state index in [4.69, 9.17) is 0 Å². The lowest BCUT2D eigenvalue weighted by Gasteiger charge is -2.37. The molecule has 0 aromatic heterocycles. The molecule has 2 fully saturated rings. The zero-order valence-electron chi connectivity index (χ0n) is 12.0. The highest BCUT2D eigenvalue weighted by Crippen LogP contribution is 2.40. The van der Waals surface area contributed by atoms with Crippen LogP contribution in [-0.4, -0.2) is 43.0 Å². The number of hydrogen-bond acceptors (Lipinski definition) is 2. The number of nitrogens with zero attached hydrogens (tertiary/aromatic N) is 2. The Kier molecular flexibility index (Phi) is 3.78. The summed E-state index contributed by atoms with van der Waals surface area (Å²) in [5.41, 5.74) is 1.04. The van der Waals surface area contributed by atoms with Gasteiger partial charge in [-0.05, 0) is 57.4 Å². The molecule has 0 saturated carbocycles. The smallest absolute Gasteiger partial charge is 0.130 e. The summed E-state index contributed by atoms with van der Waals surface area (Å²) in [6.45, 7) is 5.01. The number of benzene rings is 1. The number of halogens is 2. The Bertz CT molecular complexity index is 481. The van der Waals surface area contributed by atoms with E-state index in [0.717, 1.165) is 19.2 Å². The third kappa shape index (κ3) is 2.86. The average Bonchev–Trinajstić information content (AvgIpc) is 2.80. The van der Waals surface area contributed by atoms with Crippen molar-refractivity contribution in [2.24, 2.45) is 5.41 Å². The zero-order chi connectivity index (χ0) is 14.2. The van der Waals surface area contributed by atoms with Gasteiger partial charge >= 0.3 is 0 Å². The summed E-state index contributed by atoms with van der Waals surface area (Å²) in [7, 11) is 2.17. The standard InChI is InChI=1S/C16H22F2N2/c1-19-7-4-16(5-8-19)6-9-20(12-16)11-13-2-3-14(17)10-15(13)18/h2-3,10H,4-9,11-12H2,1H3. The predicted molar refractivity (Wildman–Crippen MR) is 75.4 cm³/mol. The summed E-state index contributed by atoms with van der Waals surface area (Å²) in [4.78, 5) is 4.70. The van der Waals surface area contributed by atoms with Crippen molar-refractivity contribution in [2.75, 3.05) is 33.2 Å². The van der Waals surface area contributed by atoms with E-state index < -0.39 is 11.6 Å². The van der Waals surface area contributed by atoms with E-state index in [2.05, 4.69) is 16.8 Å². The first kappa shape index (κ1) is 14.0. The molecule has 2 aliphatic rings. The lowest BCUT2D eigenvalue weighted by atomic mass is 9.78. The molecular formula is C16H22F2N2. The molecule has 0 aliphatic carbocycles. The van der Waals surface area contributed by atoms with Crippen molar-refractivity contribution < 1.29 is 8.78 Å². The zero-order valence-corrected chi connectivity index (χ0v) is 12.0. The summed E-state index contributed by atoms with van der Waals surface area (Å²) >= 11 is 0. The highest BCUT2D eigenvalue weighted by molar-refractivity contribution is 5.18. The molecule has 2 nitrogen and oxygen atoms in total. The fraction of sp³-hybridized carbons (Fsp3) is 0.625. The van der Waals surface area contributed by atoms with Crippen LogP contribution >= 0.6 is 0 Å². The van der Waals surface area contributed by atoms with Gasteiger partial charge in [-0.3, -0.25) is 4.90 Å². The summed E-state index contributed by atoms with van der Waals surface area (Å²) in [6, 6.07) is 3.90. The maximum Gasteiger partial charge on any atom is 0.130 e. The van der Waals surface area contributed by atoms with Gasteiger partial charge in [0.05, 0.1) is 0 Å². The van der Waals surface area contributed by atoms with Crippen LogP contribution in [0.4, 0.5) is 8.78 Å². The largest absolute Gasteiger partial charge is 0.306 e. The Morgan fingerprint density at radius 2 is 1.80 bits per heavy atom. The molecule has 0 N–H and O–H groups in total. The van der Waals surface area contributed by atoms with Crippen molar-refractivity contribution in [1.82, 2.24) is 9.80 Å². The van der Waals surface area contributed by atoms with E-state index in [0.29, 0.717) is 17.5 Å². The van der Waals surface area contributed by atoms with Gasteiger partial charge in [0.2, 0.25) is 0 Å². The fourth-order valence-electron chi connectivity index (χ4n) is 3.55. The number of rotatable bonds is 2. The number of piperidine rings is 1. The first-order valence-electron chi connectivity index (χ1n) is 7.41. The van der Waals surface area contributed by atoms with E-state index in [-0.39, 0.29) is 0 Å². The molecule has 0 unspecified atom stereocenters. The van der Waals surface area contributed by atoms with E-state index in [9.17, 15) is 8.78 Å². The maximum atomic E-state index is 13.7. The van der Waals surface area contributed by atoms with Crippen molar-refractivity contribution >= 4 is 0 Å². The molecule has 20 heavy (non-hydrogen) atoms. The van der Waals surface area contributed by atoms with Crippen molar-refractivity contribution in [3.05, 3.63) is 35.4 Å². The maximum absolute atomic E-state index is 13.7. The van der Waals surface area contributed by atoms with Gasteiger partial charge in [-0.15, -0.1) is 0 Å². The van der Waals surface area contributed by atoms with Crippen LogP contribution in [0.1, 0.15) is 24.8 Å². The molecule has 0 amide bonds. The molecule has 0 radical (unpaired) electrons. The molecular weight excluding hydrogens is 258 g/mol. The van der Waals surface area contributed by atoms with E-state index in [1.807, 2.05) is 0 Å². The van der Waals surface area contributed by atoms with Crippen molar-refractivity contribution in [3.63, 3.8) is 0 Å². The molecule has 3 rings (SSSR count). The normalized spacial score (nSPS) is 23.6. The van der Waals surface area contributed by atoms with Crippen LogP contribution in [0.15, 0.2) is 18.2 Å².